The molecule has 0 amide bonds. The monoisotopic (exact) mass is 305 g/mol. The lowest BCUT2D eigenvalue weighted by molar-refractivity contribution is 0.0702. The van der Waals surface area contributed by atoms with Crippen LogP contribution in [0.2, 0.25) is 0 Å². The van der Waals surface area contributed by atoms with Crippen LogP contribution < -0.4 is 0 Å². The molecule has 0 bridgehead atoms. The van der Waals surface area contributed by atoms with E-state index in [1.165, 1.54) is 10.4 Å². The molecule has 5 nitrogen and oxygen atoms in total. The summed E-state index contributed by atoms with van der Waals surface area (Å²) in [6.45, 7) is 7.60. The first-order valence-electron chi connectivity index (χ1n) is 6.07. The van der Waals surface area contributed by atoms with E-state index in [9.17, 15) is 13.2 Å². The maximum Gasteiger partial charge on any atom is 0.345 e. The molecule has 19 heavy (non-hydrogen) atoms. The number of nitrogens with zero attached hydrogens (tertiary/aromatic N) is 1. The number of sulfonamides is 1. The van der Waals surface area contributed by atoms with E-state index >= 15 is 0 Å². The summed E-state index contributed by atoms with van der Waals surface area (Å²) in [5.41, 5.74) is 0. The number of carboxylic acids is 1. The Morgan fingerprint density at radius 2 is 2.05 bits per heavy atom. The van der Waals surface area contributed by atoms with Gasteiger partial charge in [-0.15, -0.1) is 11.3 Å². The molecule has 1 rings (SSSR count). The minimum absolute atomic E-state index is 0.0521. The number of aryl methyl sites for hydroxylation is 1. The van der Waals surface area contributed by atoms with Gasteiger partial charge in [0.05, 0.1) is 4.90 Å². The lowest BCUT2D eigenvalue weighted by atomic mass is 10.4. The van der Waals surface area contributed by atoms with Crippen molar-refractivity contribution >= 4 is 27.3 Å². The third kappa shape index (κ3) is 3.34. The average Bonchev–Trinajstić information content (AvgIpc) is 2.68. The van der Waals surface area contributed by atoms with E-state index in [2.05, 4.69) is 0 Å². The van der Waals surface area contributed by atoms with E-state index in [0.29, 0.717) is 17.8 Å². The lowest BCUT2D eigenvalue weighted by Gasteiger charge is -2.25. The van der Waals surface area contributed by atoms with Gasteiger partial charge in [-0.05, 0) is 33.3 Å². The van der Waals surface area contributed by atoms with Gasteiger partial charge in [-0.25, -0.2) is 13.2 Å². The third-order valence-electron chi connectivity index (χ3n) is 2.69. The van der Waals surface area contributed by atoms with Gasteiger partial charge in [-0.3, -0.25) is 0 Å². The number of thiophene rings is 1. The molecule has 0 unspecified atom stereocenters. The van der Waals surface area contributed by atoms with E-state index < -0.39 is 16.0 Å². The quantitative estimate of drug-likeness (QED) is 0.876. The van der Waals surface area contributed by atoms with Crippen LogP contribution in [0.3, 0.4) is 0 Å². The van der Waals surface area contributed by atoms with Gasteiger partial charge in [-0.2, -0.15) is 4.31 Å². The molecule has 0 saturated heterocycles. The minimum atomic E-state index is -3.63. The van der Waals surface area contributed by atoms with Crippen LogP contribution in [-0.4, -0.2) is 36.4 Å². The molecule has 1 aromatic rings. The molecule has 1 heterocycles. The molecule has 1 aromatic heterocycles. The zero-order valence-electron chi connectivity index (χ0n) is 11.5. The number of aromatic carboxylic acids is 1. The van der Waals surface area contributed by atoms with Crippen molar-refractivity contribution in [2.24, 2.45) is 0 Å². The van der Waals surface area contributed by atoms with Crippen LogP contribution in [0.5, 0.6) is 0 Å². The van der Waals surface area contributed by atoms with Crippen LogP contribution in [0.25, 0.3) is 0 Å². The van der Waals surface area contributed by atoms with Gasteiger partial charge >= 0.3 is 5.97 Å². The molecule has 0 aliphatic rings. The molecule has 0 atom stereocenters. The number of carboxylic acid groups (broad SMARTS) is 1. The van der Waals surface area contributed by atoms with Crippen LogP contribution in [0.4, 0.5) is 0 Å². The Hall–Kier alpha value is -0.920. The van der Waals surface area contributed by atoms with Gasteiger partial charge in [0.2, 0.25) is 10.0 Å². The van der Waals surface area contributed by atoms with Gasteiger partial charge < -0.3 is 5.11 Å². The molecule has 0 aliphatic heterocycles. The maximum absolute atomic E-state index is 12.6. The van der Waals surface area contributed by atoms with Gasteiger partial charge in [0.1, 0.15) is 4.88 Å². The molecule has 0 aliphatic carbocycles. The molecular weight excluding hydrogens is 286 g/mol. The van der Waals surface area contributed by atoms with Gasteiger partial charge in [0.25, 0.3) is 0 Å². The Labute approximate surface area is 117 Å². The molecule has 0 spiro atoms. The lowest BCUT2D eigenvalue weighted by Crippen LogP contribution is -2.37. The highest BCUT2D eigenvalue weighted by atomic mass is 32.2. The second-order valence-corrected chi connectivity index (χ2v) is 7.66. The van der Waals surface area contributed by atoms with Gasteiger partial charge in [0, 0.05) is 17.5 Å². The van der Waals surface area contributed by atoms with E-state index in [1.54, 1.807) is 6.92 Å². The molecule has 0 aromatic carbocycles. The van der Waals surface area contributed by atoms with Crippen LogP contribution in [0, 0.1) is 6.92 Å². The molecule has 7 heteroatoms. The normalized spacial score (nSPS) is 12.3. The summed E-state index contributed by atoms with van der Waals surface area (Å²) in [7, 11) is -3.63. The Kier molecular flexibility index (Phi) is 5.11. The number of carbonyl (C=O) groups is 1. The van der Waals surface area contributed by atoms with E-state index in [1.807, 2.05) is 20.8 Å². The number of rotatable bonds is 6. The van der Waals surface area contributed by atoms with E-state index in [4.69, 9.17) is 5.11 Å². The van der Waals surface area contributed by atoms with Crippen molar-refractivity contribution in [3.05, 3.63) is 15.8 Å². The fraction of sp³-hybridized carbons (Fsp3) is 0.583. The first-order chi connectivity index (χ1) is 8.71. The molecule has 0 radical (unpaired) electrons. The van der Waals surface area contributed by atoms with Crippen molar-refractivity contribution in [2.45, 2.75) is 45.1 Å². The Bertz CT molecular complexity index is 560. The fourth-order valence-electron chi connectivity index (χ4n) is 1.83. The summed E-state index contributed by atoms with van der Waals surface area (Å²) < 4.78 is 26.5. The second-order valence-electron chi connectivity index (χ2n) is 4.55. The Morgan fingerprint density at radius 3 is 2.42 bits per heavy atom. The average molecular weight is 305 g/mol. The Morgan fingerprint density at radius 1 is 1.47 bits per heavy atom. The van der Waals surface area contributed by atoms with E-state index in [-0.39, 0.29) is 15.8 Å². The highest BCUT2D eigenvalue weighted by molar-refractivity contribution is 7.89. The summed E-state index contributed by atoms with van der Waals surface area (Å²) in [4.78, 5) is 11.6. The highest BCUT2D eigenvalue weighted by Gasteiger charge is 2.30. The second kappa shape index (κ2) is 6.02. The zero-order chi connectivity index (χ0) is 14.8. The minimum Gasteiger partial charge on any atom is -0.477 e. The summed E-state index contributed by atoms with van der Waals surface area (Å²) in [5, 5.41) is 8.94. The Balaban J connectivity index is 3.29. The summed E-state index contributed by atoms with van der Waals surface area (Å²) in [6, 6.07) is 1.10. The van der Waals surface area contributed by atoms with Crippen molar-refractivity contribution in [3.8, 4) is 0 Å². The maximum atomic E-state index is 12.6. The van der Waals surface area contributed by atoms with Crippen LogP contribution in [-0.2, 0) is 10.0 Å². The molecule has 0 fully saturated rings. The SMILES string of the molecule is CCCN(C(C)C)S(=O)(=O)c1cc(C(=O)O)sc1C. The van der Waals surface area contributed by atoms with Crippen LogP contribution >= 0.6 is 11.3 Å². The third-order valence-corrected chi connectivity index (χ3v) is 6.06. The number of hydrogen-bond donors (Lipinski definition) is 1. The molecule has 0 saturated carbocycles. The van der Waals surface area contributed by atoms with Crippen LogP contribution in [0.15, 0.2) is 11.0 Å². The molecule has 108 valence electrons. The standard InChI is InChI=1S/C12H19NO4S2/c1-5-6-13(8(2)3)19(16,17)11-7-10(12(14)15)18-9(11)4/h7-8H,5-6H2,1-4H3,(H,14,15). The van der Waals surface area contributed by atoms with Crippen molar-refractivity contribution in [3.63, 3.8) is 0 Å². The van der Waals surface area contributed by atoms with Gasteiger partial charge in [-0.1, -0.05) is 6.92 Å². The topological polar surface area (TPSA) is 74.7 Å². The summed E-state index contributed by atoms with van der Waals surface area (Å²) in [6.07, 6.45) is 0.715. The van der Waals surface area contributed by atoms with Crippen molar-refractivity contribution in [2.75, 3.05) is 6.54 Å². The zero-order valence-corrected chi connectivity index (χ0v) is 13.1. The highest BCUT2D eigenvalue weighted by Crippen LogP contribution is 2.29. The predicted molar refractivity (Wildman–Crippen MR) is 75.3 cm³/mol. The molecule has 1 N–H and O–H groups in total. The van der Waals surface area contributed by atoms with Crippen molar-refractivity contribution < 1.29 is 18.3 Å². The summed E-state index contributed by atoms with van der Waals surface area (Å²) in [5.74, 6) is -1.10. The van der Waals surface area contributed by atoms with Gasteiger partial charge in [0.15, 0.2) is 0 Å². The van der Waals surface area contributed by atoms with Crippen LogP contribution in [0.1, 0.15) is 41.7 Å². The fourth-order valence-corrected chi connectivity index (χ4v) is 4.96. The van der Waals surface area contributed by atoms with E-state index in [0.717, 1.165) is 11.3 Å². The first kappa shape index (κ1) is 16.1. The molecular formula is C12H19NO4S2. The van der Waals surface area contributed by atoms with Crippen molar-refractivity contribution in [1.82, 2.24) is 4.31 Å². The summed E-state index contributed by atoms with van der Waals surface area (Å²) >= 11 is 0.991. The van der Waals surface area contributed by atoms with Crippen molar-refractivity contribution in [1.29, 1.82) is 0 Å². The largest absolute Gasteiger partial charge is 0.477 e. The smallest absolute Gasteiger partial charge is 0.345 e. The predicted octanol–water partition coefficient (Wildman–Crippen LogP) is 2.56. The number of hydrogen-bond acceptors (Lipinski definition) is 4. The first-order valence-corrected chi connectivity index (χ1v) is 8.33.